The fraction of sp³-hybridized carbons (Fsp3) is 0.529. The highest BCUT2D eigenvalue weighted by molar-refractivity contribution is 9.10. The molecule has 0 spiro atoms. The topological polar surface area (TPSA) is 57.6 Å². The Hall–Kier alpha value is -1.43. The summed E-state index contributed by atoms with van der Waals surface area (Å²) in [5, 5.41) is 8.76. The number of hydrogen-bond acceptors (Lipinski definition) is 2. The minimum atomic E-state index is -0.792. The lowest BCUT2D eigenvalue weighted by Gasteiger charge is -2.32. The molecule has 0 bridgehead atoms. The molecule has 1 N–H and O–H groups in total. The van der Waals surface area contributed by atoms with Gasteiger partial charge in [0.1, 0.15) is 5.82 Å². The van der Waals surface area contributed by atoms with Crippen LogP contribution in [0.5, 0.6) is 0 Å². The van der Waals surface area contributed by atoms with E-state index in [4.69, 9.17) is 5.11 Å². The summed E-state index contributed by atoms with van der Waals surface area (Å²) in [5.41, 5.74) is 0.543. The van der Waals surface area contributed by atoms with Crippen LogP contribution in [0.1, 0.15) is 37.7 Å². The van der Waals surface area contributed by atoms with Crippen molar-refractivity contribution in [2.75, 3.05) is 13.1 Å². The van der Waals surface area contributed by atoms with Crippen LogP contribution in [0, 0.1) is 11.7 Å². The zero-order valence-corrected chi connectivity index (χ0v) is 14.5. The molecule has 6 heteroatoms. The molecule has 0 saturated carbocycles. The predicted octanol–water partition coefficient (Wildman–Crippen LogP) is 3.62. The summed E-state index contributed by atoms with van der Waals surface area (Å²) in [7, 11) is 0. The molecule has 0 aromatic heterocycles. The Labute approximate surface area is 143 Å². The van der Waals surface area contributed by atoms with E-state index in [0.717, 1.165) is 12.8 Å². The van der Waals surface area contributed by atoms with Crippen molar-refractivity contribution in [2.24, 2.45) is 5.92 Å². The number of aryl methyl sites for hydroxylation is 1. The second kappa shape index (κ2) is 8.43. The van der Waals surface area contributed by atoms with Crippen LogP contribution in [0.4, 0.5) is 4.39 Å². The number of rotatable bonds is 6. The fourth-order valence-corrected chi connectivity index (χ4v) is 3.31. The molecule has 1 amide bonds. The SMILES string of the molecule is O=C(O)CC[C@@H]1CCCN(C(=O)CCc2ccc(Br)cc2F)C1. The lowest BCUT2D eigenvalue weighted by molar-refractivity contribution is -0.137. The molecule has 1 atom stereocenters. The summed E-state index contributed by atoms with van der Waals surface area (Å²) < 4.78 is 14.5. The molecule has 0 unspecified atom stereocenters. The lowest BCUT2D eigenvalue weighted by atomic mass is 9.93. The first-order chi connectivity index (χ1) is 11.0. The standard InChI is InChI=1S/C17H21BrFNO3/c18-14-6-4-13(15(19)10-14)5-7-16(21)20-9-1-2-12(11-20)3-8-17(22)23/h4,6,10,12H,1-3,5,7-9,11H2,(H,22,23)/t12-/m0/s1. The minimum Gasteiger partial charge on any atom is -0.481 e. The molecule has 0 radical (unpaired) electrons. The van der Waals surface area contributed by atoms with Gasteiger partial charge in [-0.2, -0.15) is 0 Å². The molecule has 1 aliphatic heterocycles. The van der Waals surface area contributed by atoms with Gasteiger partial charge in [0, 0.05) is 30.4 Å². The molecular weight excluding hydrogens is 365 g/mol. The molecule has 4 nitrogen and oxygen atoms in total. The Kier molecular flexibility index (Phi) is 6.57. The van der Waals surface area contributed by atoms with E-state index in [1.807, 2.05) is 0 Å². The number of aliphatic carboxylic acids is 1. The van der Waals surface area contributed by atoms with E-state index in [2.05, 4.69) is 15.9 Å². The van der Waals surface area contributed by atoms with Crippen LogP contribution in [0.25, 0.3) is 0 Å². The van der Waals surface area contributed by atoms with Crippen LogP contribution in [-0.2, 0) is 16.0 Å². The van der Waals surface area contributed by atoms with Gasteiger partial charge in [0.25, 0.3) is 0 Å². The number of halogens is 2. The first kappa shape index (κ1) is 17.9. The highest BCUT2D eigenvalue weighted by Gasteiger charge is 2.24. The van der Waals surface area contributed by atoms with Crippen molar-refractivity contribution in [2.45, 2.75) is 38.5 Å². The molecule has 2 rings (SSSR count). The molecule has 23 heavy (non-hydrogen) atoms. The molecule has 1 aliphatic rings. The zero-order chi connectivity index (χ0) is 16.8. The molecule has 1 heterocycles. The second-order valence-electron chi connectivity index (χ2n) is 6.02. The third kappa shape index (κ3) is 5.61. The van der Waals surface area contributed by atoms with Gasteiger partial charge in [0.15, 0.2) is 0 Å². The maximum atomic E-state index is 13.8. The average Bonchev–Trinajstić information content (AvgIpc) is 2.52. The maximum absolute atomic E-state index is 13.8. The van der Waals surface area contributed by atoms with E-state index in [0.29, 0.717) is 36.0 Å². The Morgan fingerprint density at radius 1 is 1.35 bits per heavy atom. The van der Waals surface area contributed by atoms with E-state index in [1.54, 1.807) is 17.0 Å². The first-order valence-corrected chi connectivity index (χ1v) is 8.68. The van der Waals surface area contributed by atoms with E-state index >= 15 is 0 Å². The summed E-state index contributed by atoms with van der Waals surface area (Å²) in [6.45, 7) is 1.33. The third-order valence-corrected chi connectivity index (χ3v) is 4.75. The summed E-state index contributed by atoms with van der Waals surface area (Å²) in [6.07, 6.45) is 3.30. The van der Waals surface area contributed by atoms with Crippen molar-refractivity contribution in [1.82, 2.24) is 4.90 Å². The van der Waals surface area contributed by atoms with Crippen molar-refractivity contribution in [3.05, 3.63) is 34.1 Å². The molecule has 1 fully saturated rings. The predicted molar refractivity (Wildman–Crippen MR) is 88.6 cm³/mol. The first-order valence-electron chi connectivity index (χ1n) is 7.89. The van der Waals surface area contributed by atoms with Gasteiger partial charge in [-0.05, 0) is 49.3 Å². The summed E-state index contributed by atoms with van der Waals surface area (Å²) >= 11 is 3.21. The number of carboxylic acid groups (broad SMARTS) is 1. The van der Waals surface area contributed by atoms with Gasteiger partial charge in [-0.15, -0.1) is 0 Å². The highest BCUT2D eigenvalue weighted by atomic mass is 79.9. The van der Waals surface area contributed by atoms with Crippen LogP contribution >= 0.6 is 15.9 Å². The number of carbonyl (C=O) groups is 2. The molecule has 1 saturated heterocycles. The van der Waals surface area contributed by atoms with Crippen molar-refractivity contribution < 1.29 is 19.1 Å². The average molecular weight is 386 g/mol. The van der Waals surface area contributed by atoms with E-state index in [1.165, 1.54) is 6.07 Å². The van der Waals surface area contributed by atoms with Gasteiger partial charge in [-0.1, -0.05) is 22.0 Å². The molecule has 0 aliphatic carbocycles. The van der Waals surface area contributed by atoms with Gasteiger partial charge in [0.2, 0.25) is 5.91 Å². The van der Waals surface area contributed by atoms with E-state index in [-0.39, 0.29) is 30.5 Å². The Morgan fingerprint density at radius 3 is 2.83 bits per heavy atom. The quantitative estimate of drug-likeness (QED) is 0.813. The van der Waals surface area contributed by atoms with Crippen LogP contribution in [0.15, 0.2) is 22.7 Å². The smallest absolute Gasteiger partial charge is 0.303 e. The van der Waals surface area contributed by atoms with Crippen LogP contribution in [0.3, 0.4) is 0 Å². The van der Waals surface area contributed by atoms with Crippen molar-refractivity contribution >= 4 is 27.8 Å². The number of carboxylic acids is 1. The maximum Gasteiger partial charge on any atom is 0.303 e. The van der Waals surface area contributed by atoms with Gasteiger partial charge in [-0.3, -0.25) is 9.59 Å². The van der Waals surface area contributed by atoms with Gasteiger partial charge < -0.3 is 10.0 Å². The number of nitrogens with zero attached hydrogens (tertiary/aromatic N) is 1. The molecule has 126 valence electrons. The number of hydrogen-bond donors (Lipinski definition) is 1. The fourth-order valence-electron chi connectivity index (χ4n) is 2.98. The minimum absolute atomic E-state index is 0.0207. The van der Waals surface area contributed by atoms with Crippen LogP contribution < -0.4 is 0 Å². The van der Waals surface area contributed by atoms with E-state index in [9.17, 15) is 14.0 Å². The molecular formula is C17H21BrFNO3. The highest BCUT2D eigenvalue weighted by Crippen LogP contribution is 2.22. The number of amides is 1. The summed E-state index contributed by atoms with van der Waals surface area (Å²) in [5.74, 6) is -0.815. The van der Waals surface area contributed by atoms with E-state index < -0.39 is 5.97 Å². The largest absolute Gasteiger partial charge is 0.481 e. The van der Waals surface area contributed by atoms with Gasteiger partial charge in [0.05, 0.1) is 0 Å². The molecule has 1 aromatic carbocycles. The Morgan fingerprint density at radius 2 is 2.13 bits per heavy atom. The van der Waals surface area contributed by atoms with Crippen LogP contribution in [0.2, 0.25) is 0 Å². The Bertz CT molecular complexity index is 579. The van der Waals surface area contributed by atoms with Crippen molar-refractivity contribution in [1.29, 1.82) is 0 Å². The summed E-state index contributed by atoms with van der Waals surface area (Å²) in [6, 6.07) is 4.87. The number of likely N-dealkylation sites (tertiary alicyclic amines) is 1. The second-order valence-corrected chi connectivity index (χ2v) is 6.93. The Balaban J connectivity index is 1.83. The van der Waals surface area contributed by atoms with Crippen LogP contribution in [-0.4, -0.2) is 35.0 Å². The summed E-state index contributed by atoms with van der Waals surface area (Å²) in [4.78, 5) is 24.8. The van der Waals surface area contributed by atoms with Crippen molar-refractivity contribution in [3.63, 3.8) is 0 Å². The molecule has 1 aromatic rings. The number of benzene rings is 1. The number of piperidine rings is 1. The van der Waals surface area contributed by atoms with Gasteiger partial charge in [-0.25, -0.2) is 4.39 Å². The monoisotopic (exact) mass is 385 g/mol. The third-order valence-electron chi connectivity index (χ3n) is 4.26. The zero-order valence-electron chi connectivity index (χ0n) is 12.9. The number of carbonyl (C=O) groups excluding carboxylic acids is 1. The van der Waals surface area contributed by atoms with Crippen molar-refractivity contribution in [3.8, 4) is 0 Å². The normalized spacial score (nSPS) is 18.0. The van der Waals surface area contributed by atoms with Gasteiger partial charge >= 0.3 is 5.97 Å². The lowest BCUT2D eigenvalue weighted by Crippen LogP contribution is -2.40.